The molecule has 1 atom stereocenters. The SMILES string of the molecule is Cc1cc(N(C)C2CCS(=O)(=O)C2)nc(Nc2ccc3c(c2)OCCO3)n1. The van der Waals surface area contributed by atoms with Gasteiger partial charge in [0.15, 0.2) is 21.3 Å². The molecule has 0 aliphatic carbocycles. The fourth-order valence-electron chi connectivity index (χ4n) is 3.31. The second kappa shape index (κ2) is 6.88. The van der Waals surface area contributed by atoms with Crippen molar-refractivity contribution in [2.75, 3.05) is 42.0 Å². The van der Waals surface area contributed by atoms with Gasteiger partial charge in [0.2, 0.25) is 5.95 Å². The molecule has 0 spiro atoms. The lowest BCUT2D eigenvalue weighted by Gasteiger charge is -2.25. The first-order valence-corrected chi connectivity index (χ1v) is 10.7. The minimum atomic E-state index is -2.95. The highest BCUT2D eigenvalue weighted by Crippen LogP contribution is 2.33. The van der Waals surface area contributed by atoms with Crippen molar-refractivity contribution in [3.05, 3.63) is 30.0 Å². The third-order valence-electron chi connectivity index (χ3n) is 4.76. The van der Waals surface area contributed by atoms with E-state index in [0.29, 0.717) is 37.2 Å². The largest absolute Gasteiger partial charge is 0.486 e. The first-order chi connectivity index (χ1) is 12.9. The highest BCUT2D eigenvalue weighted by Gasteiger charge is 2.31. The van der Waals surface area contributed by atoms with E-state index in [-0.39, 0.29) is 17.5 Å². The van der Waals surface area contributed by atoms with Crippen LogP contribution < -0.4 is 19.7 Å². The lowest BCUT2D eigenvalue weighted by molar-refractivity contribution is 0.171. The molecule has 8 nitrogen and oxygen atoms in total. The molecule has 1 aromatic carbocycles. The van der Waals surface area contributed by atoms with Gasteiger partial charge in [0.25, 0.3) is 0 Å². The van der Waals surface area contributed by atoms with Crippen molar-refractivity contribution >= 4 is 27.3 Å². The van der Waals surface area contributed by atoms with Crippen LogP contribution in [0, 0.1) is 6.92 Å². The van der Waals surface area contributed by atoms with E-state index in [4.69, 9.17) is 9.47 Å². The third-order valence-corrected chi connectivity index (χ3v) is 6.51. The average molecular weight is 390 g/mol. The van der Waals surface area contributed by atoms with Crippen LogP contribution in [-0.2, 0) is 9.84 Å². The summed E-state index contributed by atoms with van der Waals surface area (Å²) in [5.74, 6) is 2.96. The minimum absolute atomic E-state index is 0.0635. The Hall–Kier alpha value is -2.55. The zero-order chi connectivity index (χ0) is 19.0. The van der Waals surface area contributed by atoms with Crippen molar-refractivity contribution in [3.63, 3.8) is 0 Å². The zero-order valence-electron chi connectivity index (χ0n) is 15.3. The summed E-state index contributed by atoms with van der Waals surface area (Å²) >= 11 is 0. The Morgan fingerprint density at radius 2 is 1.93 bits per heavy atom. The van der Waals surface area contributed by atoms with Crippen LogP contribution in [0.25, 0.3) is 0 Å². The number of benzene rings is 1. The summed E-state index contributed by atoms with van der Waals surface area (Å²) in [6.45, 7) is 2.96. The Morgan fingerprint density at radius 3 is 2.67 bits per heavy atom. The monoisotopic (exact) mass is 390 g/mol. The molecule has 2 aromatic rings. The smallest absolute Gasteiger partial charge is 0.229 e. The fraction of sp³-hybridized carbons (Fsp3) is 0.444. The number of aryl methyl sites for hydroxylation is 1. The normalized spacial score (nSPS) is 20.3. The van der Waals surface area contributed by atoms with Gasteiger partial charge in [0.05, 0.1) is 11.5 Å². The molecule has 2 aliphatic heterocycles. The number of sulfone groups is 1. The molecule has 3 heterocycles. The van der Waals surface area contributed by atoms with Crippen LogP contribution >= 0.6 is 0 Å². The van der Waals surface area contributed by atoms with Crippen LogP contribution in [0.4, 0.5) is 17.5 Å². The van der Waals surface area contributed by atoms with Gasteiger partial charge in [0, 0.05) is 36.6 Å². The van der Waals surface area contributed by atoms with E-state index in [0.717, 1.165) is 17.1 Å². The second-order valence-electron chi connectivity index (χ2n) is 6.84. The van der Waals surface area contributed by atoms with E-state index in [1.807, 2.05) is 43.1 Å². The number of nitrogens with one attached hydrogen (secondary N) is 1. The standard InChI is InChI=1S/C18H22N4O4S/c1-12-9-17(22(2)14-5-8-27(23,24)11-14)21-18(19-12)20-13-3-4-15-16(10-13)26-7-6-25-15/h3-4,9-10,14H,5-8,11H2,1-2H3,(H,19,20,21). The van der Waals surface area contributed by atoms with Gasteiger partial charge >= 0.3 is 0 Å². The first-order valence-electron chi connectivity index (χ1n) is 8.85. The van der Waals surface area contributed by atoms with E-state index < -0.39 is 9.84 Å². The number of nitrogens with zero attached hydrogens (tertiary/aromatic N) is 3. The molecular formula is C18H22N4O4S. The highest BCUT2D eigenvalue weighted by atomic mass is 32.2. The Kier molecular flexibility index (Phi) is 4.55. The fourth-order valence-corrected chi connectivity index (χ4v) is 5.08. The van der Waals surface area contributed by atoms with E-state index in [2.05, 4.69) is 15.3 Å². The summed E-state index contributed by atoms with van der Waals surface area (Å²) in [6, 6.07) is 7.38. The molecule has 0 bridgehead atoms. The number of fused-ring (bicyclic) bond motifs is 1. The number of rotatable bonds is 4. The zero-order valence-corrected chi connectivity index (χ0v) is 16.1. The first kappa shape index (κ1) is 17.8. The minimum Gasteiger partial charge on any atom is -0.486 e. The van der Waals surface area contributed by atoms with Gasteiger partial charge in [-0.2, -0.15) is 4.98 Å². The van der Waals surface area contributed by atoms with Gasteiger partial charge in [-0.3, -0.25) is 0 Å². The molecule has 0 saturated carbocycles. The molecule has 9 heteroatoms. The van der Waals surface area contributed by atoms with E-state index in [1.165, 1.54) is 0 Å². The number of aromatic nitrogens is 2. The van der Waals surface area contributed by atoms with Crippen molar-refractivity contribution in [1.29, 1.82) is 0 Å². The van der Waals surface area contributed by atoms with Crippen LogP contribution in [0.1, 0.15) is 12.1 Å². The quantitative estimate of drug-likeness (QED) is 0.846. The Labute approximate surface area is 158 Å². The Balaban J connectivity index is 1.56. The maximum atomic E-state index is 11.8. The lowest BCUT2D eigenvalue weighted by Crippen LogP contribution is -2.33. The van der Waals surface area contributed by atoms with Gasteiger partial charge in [-0.15, -0.1) is 0 Å². The van der Waals surface area contributed by atoms with E-state index in [1.54, 1.807) is 0 Å². The summed E-state index contributed by atoms with van der Waals surface area (Å²) < 4.78 is 34.7. The molecule has 0 radical (unpaired) electrons. The Bertz CT molecular complexity index is 964. The number of ether oxygens (including phenoxy) is 2. The van der Waals surface area contributed by atoms with Gasteiger partial charge in [-0.25, -0.2) is 13.4 Å². The van der Waals surface area contributed by atoms with Gasteiger partial charge < -0.3 is 19.7 Å². The third kappa shape index (κ3) is 3.92. The number of anilines is 3. The maximum absolute atomic E-state index is 11.8. The Morgan fingerprint density at radius 1 is 1.15 bits per heavy atom. The second-order valence-corrected chi connectivity index (χ2v) is 9.07. The van der Waals surface area contributed by atoms with E-state index in [9.17, 15) is 8.42 Å². The predicted molar refractivity (Wildman–Crippen MR) is 103 cm³/mol. The predicted octanol–water partition coefficient (Wildman–Crippen LogP) is 1.92. The molecule has 144 valence electrons. The molecular weight excluding hydrogens is 368 g/mol. The van der Waals surface area contributed by atoms with Crippen molar-refractivity contribution in [1.82, 2.24) is 9.97 Å². The summed E-state index contributed by atoms with van der Waals surface area (Å²) in [5, 5.41) is 3.19. The molecule has 1 unspecified atom stereocenters. The van der Waals surface area contributed by atoms with Crippen molar-refractivity contribution in [3.8, 4) is 11.5 Å². The van der Waals surface area contributed by atoms with E-state index >= 15 is 0 Å². The van der Waals surface area contributed by atoms with Crippen LogP contribution in [0.15, 0.2) is 24.3 Å². The summed E-state index contributed by atoms with van der Waals surface area (Å²) in [6.07, 6.45) is 0.618. The van der Waals surface area contributed by atoms with Crippen LogP contribution in [0.5, 0.6) is 11.5 Å². The summed E-state index contributed by atoms with van der Waals surface area (Å²) in [7, 11) is -1.08. The molecule has 2 aliphatic rings. The summed E-state index contributed by atoms with van der Waals surface area (Å²) in [5.41, 5.74) is 1.59. The topological polar surface area (TPSA) is 93.7 Å². The molecule has 1 fully saturated rings. The van der Waals surface area contributed by atoms with Crippen LogP contribution in [0.2, 0.25) is 0 Å². The molecule has 27 heavy (non-hydrogen) atoms. The molecule has 1 N–H and O–H groups in total. The van der Waals surface area contributed by atoms with Crippen molar-refractivity contribution in [2.45, 2.75) is 19.4 Å². The van der Waals surface area contributed by atoms with Gasteiger partial charge in [-0.05, 0) is 25.5 Å². The lowest BCUT2D eigenvalue weighted by atomic mass is 10.2. The molecule has 0 amide bonds. The maximum Gasteiger partial charge on any atom is 0.229 e. The summed E-state index contributed by atoms with van der Waals surface area (Å²) in [4.78, 5) is 10.9. The molecule has 1 saturated heterocycles. The van der Waals surface area contributed by atoms with Crippen LogP contribution in [0.3, 0.4) is 0 Å². The number of hydrogen-bond donors (Lipinski definition) is 1. The van der Waals surface area contributed by atoms with Crippen molar-refractivity contribution < 1.29 is 17.9 Å². The highest BCUT2D eigenvalue weighted by molar-refractivity contribution is 7.91. The van der Waals surface area contributed by atoms with Crippen LogP contribution in [-0.4, -0.2) is 56.2 Å². The van der Waals surface area contributed by atoms with Crippen molar-refractivity contribution in [2.24, 2.45) is 0 Å². The van der Waals surface area contributed by atoms with Gasteiger partial charge in [-0.1, -0.05) is 0 Å². The number of hydrogen-bond acceptors (Lipinski definition) is 8. The average Bonchev–Trinajstić information content (AvgIpc) is 3.00. The van der Waals surface area contributed by atoms with Gasteiger partial charge in [0.1, 0.15) is 19.0 Å². The molecule has 4 rings (SSSR count). The molecule has 1 aromatic heterocycles.